The molecule has 20 heavy (non-hydrogen) atoms. The second kappa shape index (κ2) is 5.80. The van der Waals surface area contributed by atoms with Gasteiger partial charge in [-0.3, -0.25) is 4.79 Å². The third-order valence-electron chi connectivity index (χ3n) is 4.39. The van der Waals surface area contributed by atoms with E-state index in [-0.39, 0.29) is 11.8 Å². The summed E-state index contributed by atoms with van der Waals surface area (Å²) in [5.41, 5.74) is 0.434. The van der Waals surface area contributed by atoms with Crippen LogP contribution in [0.2, 0.25) is 0 Å². The topological polar surface area (TPSA) is 40.5 Å². The minimum atomic E-state index is -0.630. The lowest BCUT2D eigenvalue weighted by Crippen LogP contribution is -2.41. The number of likely N-dealkylation sites (N-methyl/N-ethyl adjacent to an activating group) is 1. The average Bonchev–Trinajstić information content (AvgIpc) is 3.25. The van der Waals surface area contributed by atoms with Crippen LogP contribution < -0.4 is 0 Å². The summed E-state index contributed by atoms with van der Waals surface area (Å²) in [5, 5.41) is 10.1. The standard InChI is InChI=1S/C17H23NO2/c1-4-15(19)14-12-17(14,13-10-8-7-9-11-13)16(20)18(5-2)6-3/h4,7-11,14-15,19H,1,5-6,12H2,2-3H3/t14-,15-,17+/m0/s1. The summed E-state index contributed by atoms with van der Waals surface area (Å²) in [4.78, 5) is 14.8. The number of amides is 1. The highest BCUT2D eigenvalue weighted by Gasteiger charge is 2.63. The first kappa shape index (κ1) is 14.8. The summed E-state index contributed by atoms with van der Waals surface area (Å²) in [6.45, 7) is 9.02. The Bertz CT molecular complexity index is 481. The van der Waals surface area contributed by atoms with Gasteiger partial charge in [0.15, 0.2) is 0 Å². The number of aliphatic hydroxyl groups excluding tert-OH is 1. The molecule has 0 spiro atoms. The molecule has 3 nitrogen and oxygen atoms in total. The van der Waals surface area contributed by atoms with E-state index in [0.717, 1.165) is 5.56 Å². The lowest BCUT2D eigenvalue weighted by Gasteiger charge is -2.27. The molecule has 1 aromatic carbocycles. The van der Waals surface area contributed by atoms with Crippen LogP contribution in [-0.2, 0) is 10.2 Å². The minimum Gasteiger partial charge on any atom is -0.389 e. The summed E-state index contributed by atoms with van der Waals surface area (Å²) >= 11 is 0. The molecule has 0 unspecified atom stereocenters. The molecule has 0 aromatic heterocycles. The number of aliphatic hydroxyl groups is 1. The van der Waals surface area contributed by atoms with Crippen molar-refractivity contribution >= 4 is 5.91 Å². The Hall–Kier alpha value is -1.61. The second-order valence-corrected chi connectivity index (χ2v) is 5.35. The molecule has 0 saturated heterocycles. The number of carbonyl (C=O) groups excluding carboxylic acids is 1. The van der Waals surface area contributed by atoms with Gasteiger partial charge in [-0.05, 0) is 25.8 Å². The number of rotatable bonds is 6. The van der Waals surface area contributed by atoms with Crippen molar-refractivity contribution in [3.05, 3.63) is 48.6 Å². The van der Waals surface area contributed by atoms with E-state index in [1.807, 2.05) is 49.1 Å². The summed E-state index contributed by atoms with van der Waals surface area (Å²) < 4.78 is 0. The lowest BCUT2D eigenvalue weighted by molar-refractivity contribution is -0.134. The molecule has 2 rings (SSSR count). The van der Waals surface area contributed by atoms with Gasteiger partial charge in [0.2, 0.25) is 5.91 Å². The van der Waals surface area contributed by atoms with Crippen LogP contribution in [0.5, 0.6) is 0 Å². The largest absolute Gasteiger partial charge is 0.389 e. The molecular formula is C17H23NO2. The van der Waals surface area contributed by atoms with Gasteiger partial charge in [-0.1, -0.05) is 36.4 Å². The number of nitrogens with zero attached hydrogens (tertiary/aromatic N) is 1. The Labute approximate surface area is 120 Å². The number of carbonyl (C=O) groups is 1. The average molecular weight is 273 g/mol. The van der Waals surface area contributed by atoms with Crippen LogP contribution in [0.1, 0.15) is 25.8 Å². The van der Waals surface area contributed by atoms with E-state index in [0.29, 0.717) is 19.5 Å². The zero-order chi connectivity index (χ0) is 14.8. The molecule has 1 aliphatic carbocycles. The highest BCUT2D eigenvalue weighted by molar-refractivity contribution is 5.92. The van der Waals surface area contributed by atoms with Crippen LogP contribution in [0.25, 0.3) is 0 Å². The molecule has 0 aliphatic heterocycles. The van der Waals surface area contributed by atoms with Gasteiger partial charge in [0.1, 0.15) is 0 Å². The minimum absolute atomic E-state index is 0.0597. The summed E-state index contributed by atoms with van der Waals surface area (Å²) in [6.07, 6.45) is 1.60. The SMILES string of the molecule is C=C[C@H](O)[C@@H]1C[C@@]1(C(=O)N(CC)CC)c1ccccc1. The summed E-state index contributed by atoms with van der Waals surface area (Å²) in [5.74, 6) is 0.0649. The van der Waals surface area contributed by atoms with Gasteiger partial charge in [-0.15, -0.1) is 6.58 Å². The molecule has 1 N–H and O–H groups in total. The van der Waals surface area contributed by atoms with Gasteiger partial charge in [0, 0.05) is 19.0 Å². The van der Waals surface area contributed by atoms with Crippen molar-refractivity contribution in [2.75, 3.05) is 13.1 Å². The Kier molecular flexibility index (Phi) is 4.29. The zero-order valence-corrected chi connectivity index (χ0v) is 12.2. The van der Waals surface area contributed by atoms with Crippen molar-refractivity contribution in [3.63, 3.8) is 0 Å². The Morgan fingerprint density at radius 1 is 1.45 bits per heavy atom. The van der Waals surface area contributed by atoms with Crippen LogP contribution in [0, 0.1) is 5.92 Å². The van der Waals surface area contributed by atoms with Crippen molar-refractivity contribution in [1.82, 2.24) is 4.90 Å². The maximum atomic E-state index is 12.9. The molecule has 108 valence electrons. The predicted octanol–water partition coefficient (Wildman–Crippen LogP) is 2.36. The van der Waals surface area contributed by atoms with Crippen molar-refractivity contribution in [2.24, 2.45) is 5.92 Å². The second-order valence-electron chi connectivity index (χ2n) is 5.35. The zero-order valence-electron chi connectivity index (χ0n) is 12.2. The normalized spacial score (nSPS) is 25.9. The van der Waals surface area contributed by atoms with Gasteiger partial charge in [0.25, 0.3) is 0 Å². The lowest BCUT2D eigenvalue weighted by atomic mass is 9.89. The van der Waals surface area contributed by atoms with Crippen molar-refractivity contribution in [3.8, 4) is 0 Å². The Morgan fingerprint density at radius 3 is 2.55 bits per heavy atom. The molecular weight excluding hydrogens is 250 g/mol. The van der Waals surface area contributed by atoms with Crippen LogP contribution in [0.15, 0.2) is 43.0 Å². The first-order chi connectivity index (χ1) is 9.61. The van der Waals surface area contributed by atoms with Crippen molar-refractivity contribution < 1.29 is 9.90 Å². The third kappa shape index (κ3) is 2.27. The molecule has 1 aliphatic rings. The smallest absolute Gasteiger partial charge is 0.233 e. The van der Waals surface area contributed by atoms with E-state index in [2.05, 4.69) is 6.58 Å². The maximum Gasteiger partial charge on any atom is 0.233 e. The first-order valence-electron chi connectivity index (χ1n) is 7.27. The van der Waals surface area contributed by atoms with Crippen LogP contribution in [-0.4, -0.2) is 35.1 Å². The van der Waals surface area contributed by atoms with Crippen LogP contribution in [0.4, 0.5) is 0 Å². The van der Waals surface area contributed by atoms with Crippen LogP contribution in [0.3, 0.4) is 0 Å². The summed E-state index contributed by atoms with van der Waals surface area (Å²) in [6, 6.07) is 9.80. The van der Waals surface area contributed by atoms with E-state index < -0.39 is 11.5 Å². The molecule has 3 atom stereocenters. The molecule has 1 amide bonds. The quantitative estimate of drug-likeness (QED) is 0.808. The Balaban J connectivity index is 2.38. The molecule has 0 radical (unpaired) electrons. The highest BCUT2D eigenvalue weighted by atomic mass is 16.3. The number of hydrogen-bond acceptors (Lipinski definition) is 2. The fourth-order valence-electron chi connectivity index (χ4n) is 3.09. The van der Waals surface area contributed by atoms with Gasteiger partial charge in [-0.25, -0.2) is 0 Å². The number of hydrogen-bond donors (Lipinski definition) is 1. The number of benzene rings is 1. The van der Waals surface area contributed by atoms with E-state index in [9.17, 15) is 9.90 Å². The van der Waals surface area contributed by atoms with E-state index in [1.54, 1.807) is 0 Å². The summed E-state index contributed by atoms with van der Waals surface area (Å²) in [7, 11) is 0. The van der Waals surface area contributed by atoms with E-state index in [1.165, 1.54) is 6.08 Å². The van der Waals surface area contributed by atoms with Crippen LogP contribution >= 0.6 is 0 Å². The Morgan fingerprint density at radius 2 is 2.05 bits per heavy atom. The first-order valence-corrected chi connectivity index (χ1v) is 7.27. The van der Waals surface area contributed by atoms with Gasteiger partial charge in [-0.2, -0.15) is 0 Å². The fraction of sp³-hybridized carbons (Fsp3) is 0.471. The molecule has 1 fully saturated rings. The van der Waals surface area contributed by atoms with E-state index >= 15 is 0 Å². The molecule has 0 bridgehead atoms. The molecule has 3 heteroatoms. The van der Waals surface area contributed by atoms with Crippen molar-refractivity contribution in [2.45, 2.75) is 31.8 Å². The van der Waals surface area contributed by atoms with E-state index in [4.69, 9.17) is 0 Å². The van der Waals surface area contributed by atoms with Gasteiger partial charge < -0.3 is 10.0 Å². The third-order valence-corrected chi connectivity index (χ3v) is 4.39. The predicted molar refractivity (Wildman–Crippen MR) is 80.4 cm³/mol. The maximum absolute atomic E-state index is 12.9. The highest BCUT2D eigenvalue weighted by Crippen LogP contribution is 2.57. The molecule has 0 heterocycles. The van der Waals surface area contributed by atoms with Crippen molar-refractivity contribution in [1.29, 1.82) is 0 Å². The van der Waals surface area contributed by atoms with Gasteiger partial charge >= 0.3 is 0 Å². The fourth-order valence-corrected chi connectivity index (χ4v) is 3.09. The van der Waals surface area contributed by atoms with Gasteiger partial charge in [0.05, 0.1) is 11.5 Å². The molecule has 1 aromatic rings. The molecule has 1 saturated carbocycles. The monoisotopic (exact) mass is 273 g/mol.